The number of hydrogen-bond donors (Lipinski definition) is 1. The van der Waals surface area contributed by atoms with Crippen molar-refractivity contribution in [1.82, 2.24) is 14.8 Å². The third-order valence-electron chi connectivity index (χ3n) is 3.01. The molecule has 2 heterocycles. The molecule has 0 bridgehead atoms. The number of anilines is 1. The van der Waals surface area contributed by atoms with Crippen LogP contribution < -0.4 is 5.32 Å². The summed E-state index contributed by atoms with van der Waals surface area (Å²) in [5, 5.41) is 9.39. The van der Waals surface area contributed by atoms with E-state index in [1.165, 1.54) is 22.1 Å². The Morgan fingerprint density at radius 1 is 1.50 bits per heavy atom. The molecule has 1 amide bonds. The van der Waals surface area contributed by atoms with Gasteiger partial charge in [0.05, 0.1) is 24.4 Å². The summed E-state index contributed by atoms with van der Waals surface area (Å²) in [5.41, 5.74) is 1.98. The van der Waals surface area contributed by atoms with Crippen LogP contribution in [0.15, 0.2) is 11.5 Å². The molecule has 24 heavy (non-hydrogen) atoms. The summed E-state index contributed by atoms with van der Waals surface area (Å²) < 4.78 is 6.39. The van der Waals surface area contributed by atoms with Gasteiger partial charge in [-0.2, -0.15) is 5.10 Å². The van der Waals surface area contributed by atoms with Gasteiger partial charge < -0.3 is 4.74 Å². The summed E-state index contributed by atoms with van der Waals surface area (Å²) in [6, 6.07) is 0. The molecule has 0 saturated carbocycles. The number of esters is 1. The smallest absolute Gasteiger partial charge is 0.311 e. The number of ether oxygens (including phenoxy) is 1. The molecule has 0 saturated heterocycles. The Kier molecular flexibility index (Phi) is 6.10. The van der Waals surface area contributed by atoms with Crippen molar-refractivity contribution in [3.8, 4) is 0 Å². The van der Waals surface area contributed by atoms with Crippen molar-refractivity contribution in [3.63, 3.8) is 0 Å². The van der Waals surface area contributed by atoms with Crippen LogP contribution in [0.3, 0.4) is 0 Å². The topological polar surface area (TPSA) is 86.1 Å². The fraction of sp³-hybridized carbons (Fsp3) is 0.333. The van der Waals surface area contributed by atoms with Crippen LogP contribution in [-0.2, 0) is 27.8 Å². The minimum absolute atomic E-state index is 0.0839. The van der Waals surface area contributed by atoms with Crippen molar-refractivity contribution >= 4 is 46.0 Å². The highest BCUT2D eigenvalue weighted by Gasteiger charge is 2.11. The molecule has 0 radical (unpaired) electrons. The first-order valence-electron chi connectivity index (χ1n) is 7.19. The molecule has 128 valence electrons. The largest absolute Gasteiger partial charge is 0.466 e. The van der Waals surface area contributed by atoms with Gasteiger partial charge in [0.15, 0.2) is 5.13 Å². The second kappa shape index (κ2) is 8.07. The standard InChI is InChI=1S/C15H17ClN4O3S/c1-4-23-13(22)7-10-8-24-15(17-10)18-12(21)6-5-11-9(2)19-20(3)14(11)16/h5-6,8H,4,7H2,1-3H3,(H,17,18,21)/b6-5+. The number of nitrogens with zero attached hydrogens (tertiary/aromatic N) is 3. The van der Waals surface area contributed by atoms with E-state index in [1.807, 2.05) is 6.92 Å². The second-order valence-electron chi connectivity index (χ2n) is 4.86. The van der Waals surface area contributed by atoms with Gasteiger partial charge in [0, 0.05) is 24.1 Å². The summed E-state index contributed by atoms with van der Waals surface area (Å²) in [6.45, 7) is 3.88. The number of nitrogens with one attached hydrogen (secondary N) is 1. The average Bonchev–Trinajstić information content (AvgIpc) is 3.03. The fourth-order valence-corrected chi connectivity index (χ4v) is 2.90. The van der Waals surface area contributed by atoms with Crippen LogP contribution in [0, 0.1) is 6.92 Å². The highest BCUT2D eigenvalue weighted by atomic mass is 35.5. The molecular weight excluding hydrogens is 352 g/mol. The predicted octanol–water partition coefficient (Wildman–Crippen LogP) is 2.60. The van der Waals surface area contributed by atoms with Crippen molar-refractivity contribution in [3.05, 3.63) is 33.6 Å². The lowest BCUT2D eigenvalue weighted by Gasteiger charge is -1.98. The van der Waals surface area contributed by atoms with Gasteiger partial charge in [0.25, 0.3) is 0 Å². The first-order valence-corrected chi connectivity index (χ1v) is 8.44. The van der Waals surface area contributed by atoms with Crippen LogP contribution in [0.2, 0.25) is 5.15 Å². The Morgan fingerprint density at radius 2 is 2.25 bits per heavy atom. The molecule has 2 rings (SSSR count). The third-order valence-corrected chi connectivity index (χ3v) is 4.26. The summed E-state index contributed by atoms with van der Waals surface area (Å²) in [5.74, 6) is -0.686. The first-order chi connectivity index (χ1) is 11.4. The number of thiazole rings is 1. The molecule has 7 nitrogen and oxygen atoms in total. The molecule has 0 spiro atoms. The van der Waals surface area contributed by atoms with Crippen molar-refractivity contribution in [2.24, 2.45) is 7.05 Å². The van der Waals surface area contributed by atoms with Gasteiger partial charge in [-0.25, -0.2) is 4.98 Å². The molecule has 1 N–H and O–H groups in total. The molecular formula is C15H17ClN4O3S. The van der Waals surface area contributed by atoms with E-state index in [4.69, 9.17) is 16.3 Å². The SMILES string of the molecule is CCOC(=O)Cc1csc(NC(=O)/C=C/c2c(C)nn(C)c2Cl)n1. The maximum absolute atomic E-state index is 12.0. The normalized spacial score (nSPS) is 11.0. The molecule has 2 aromatic heterocycles. The van der Waals surface area contributed by atoms with E-state index in [-0.39, 0.29) is 18.3 Å². The lowest BCUT2D eigenvalue weighted by Crippen LogP contribution is -2.09. The molecule has 0 unspecified atom stereocenters. The number of halogens is 1. The number of carbonyl (C=O) groups is 2. The van der Waals surface area contributed by atoms with E-state index in [0.29, 0.717) is 28.1 Å². The maximum atomic E-state index is 12.0. The van der Waals surface area contributed by atoms with Gasteiger partial charge in [-0.1, -0.05) is 11.6 Å². The van der Waals surface area contributed by atoms with Gasteiger partial charge in [0.2, 0.25) is 5.91 Å². The van der Waals surface area contributed by atoms with Crippen LogP contribution in [0.5, 0.6) is 0 Å². The minimum atomic E-state index is -0.345. The van der Waals surface area contributed by atoms with Crippen LogP contribution in [0.25, 0.3) is 6.08 Å². The van der Waals surface area contributed by atoms with Crippen molar-refractivity contribution in [1.29, 1.82) is 0 Å². The van der Waals surface area contributed by atoms with Gasteiger partial charge in [-0.15, -0.1) is 11.3 Å². The number of aromatic nitrogens is 3. The lowest BCUT2D eigenvalue weighted by atomic mass is 10.2. The Bertz CT molecular complexity index is 782. The van der Waals surface area contributed by atoms with E-state index in [2.05, 4.69) is 15.4 Å². The van der Waals surface area contributed by atoms with Gasteiger partial charge in [0.1, 0.15) is 5.15 Å². The van der Waals surface area contributed by atoms with E-state index in [1.54, 1.807) is 25.4 Å². The van der Waals surface area contributed by atoms with E-state index >= 15 is 0 Å². The summed E-state index contributed by atoms with van der Waals surface area (Å²) in [7, 11) is 1.73. The molecule has 0 fully saturated rings. The monoisotopic (exact) mass is 368 g/mol. The van der Waals surface area contributed by atoms with Gasteiger partial charge >= 0.3 is 5.97 Å². The van der Waals surface area contributed by atoms with Crippen molar-refractivity contribution in [2.45, 2.75) is 20.3 Å². The Morgan fingerprint density at radius 3 is 2.88 bits per heavy atom. The maximum Gasteiger partial charge on any atom is 0.311 e. The first kappa shape index (κ1) is 18.2. The number of rotatable bonds is 6. The fourth-order valence-electron chi connectivity index (χ4n) is 1.95. The molecule has 2 aromatic rings. The number of hydrogen-bond acceptors (Lipinski definition) is 6. The molecule has 0 aliphatic carbocycles. The Hall–Kier alpha value is -2.19. The zero-order valence-electron chi connectivity index (χ0n) is 13.5. The zero-order valence-corrected chi connectivity index (χ0v) is 15.1. The van der Waals surface area contributed by atoms with Crippen LogP contribution in [-0.4, -0.2) is 33.2 Å². The Balaban J connectivity index is 1.96. The number of aryl methyl sites for hydroxylation is 2. The molecule has 9 heteroatoms. The summed E-state index contributed by atoms with van der Waals surface area (Å²) in [6.07, 6.45) is 3.05. The summed E-state index contributed by atoms with van der Waals surface area (Å²) >= 11 is 7.34. The predicted molar refractivity (Wildman–Crippen MR) is 93.1 cm³/mol. The van der Waals surface area contributed by atoms with Crippen LogP contribution in [0.4, 0.5) is 5.13 Å². The van der Waals surface area contributed by atoms with E-state index in [9.17, 15) is 9.59 Å². The zero-order chi connectivity index (χ0) is 17.7. The number of carbonyl (C=O) groups excluding carboxylic acids is 2. The molecule has 0 aliphatic heterocycles. The van der Waals surface area contributed by atoms with Crippen molar-refractivity contribution < 1.29 is 14.3 Å². The quantitative estimate of drug-likeness (QED) is 0.625. The molecule has 0 aromatic carbocycles. The average molecular weight is 369 g/mol. The van der Waals surface area contributed by atoms with Crippen molar-refractivity contribution in [2.75, 3.05) is 11.9 Å². The summed E-state index contributed by atoms with van der Waals surface area (Å²) in [4.78, 5) is 27.5. The lowest BCUT2D eigenvalue weighted by molar-refractivity contribution is -0.142. The van der Waals surface area contributed by atoms with Crippen LogP contribution >= 0.6 is 22.9 Å². The molecule has 0 aliphatic rings. The number of amides is 1. The Labute approximate surface area is 148 Å². The van der Waals surface area contributed by atoms with E-state index in [0.717, 1.165) is 5.69 Å². The molecule has 0 atom stereocenters. The second-order valence-corrected chi connectivity index (χ2v) is 6.08. The van der Waals surface area contributed by atoms with Gasteiger partial charge in [-0.3, -0.25) is 19.6 Å². The van der Waals surface area contributed by atoms with Gasteiger partial charge in [-0.05, 0) is 19.9 Å². The van der Waals surface area contributed by atoms with E-state index < -0.39 is 0 Å². The highest BCUT2D eigenvalue weighted by Crippen LogP contribution is 2.20. The van der Waals surface area contributed by atoms with Crippen LogP contribution in [0.1, 0.15) is 23.9 Å². The third kappa shape index (κ3) is 4.65. The minimum Gasteiger partial charge on any atom is -0.466 e. The highest BCUT2D eigenvalue weighted by molar-refractivity contribution is 7.14.